The highest BCUT2D eigenvalue weighted by Crippen LogP contribution is 2.32. The number of nitrogens with zero attached hydrogens (tertiary/aromatic N) is 1. The second-order valence-electron chi connectivity index (χ2n) is 5.07. The molecule has 0 spiro atoms. The Bertz CT molecular complexity index is 450. The average Bonchev–Trinajstić information content (AvgIpc) is 2.65. The van der Waals surface area contributed by atoms with Crippen molar-refractivity contribution in [2.45, 2.75) is 32.2 Å². The van der Waals surface area contributed by atoms with Crippen LogP contribution in [-0.2, 0) is 11.2 Å². The maximum atomic E-state index is 12.1. The number of benzene rings is 1. The molecule has 3 heteroatoms. The summed E-state index contributed by atoms with van der Waals surface area (Å²) in [7, 11) is 0. The van der Waals surface area contributed by atoms with E-state index < -0.39 is 0 Å². The third-order valence-corrected chi connectivity index (χ3v) is 3.75. The zero-order chi connectivity index (χ0) is 11.8. The van der Waals surface area contributed by atoms with Crippen molar-refractivity contribution in [1.29, 1.82) is 0 Å². The monoisotopic (exact) mass is 230 g/mol. The molecule has 17 heavy (non-hydrogen) atoms. The molecule has 1 amide bonds. The number of carbonyl (C=O) groups excluding carboxylic acids is 1. The molecule has 2 heterocycles. The number of anilines is 1. The lowest BCUT2D eigenvalue weighted by Crippen LogP contribution is -2.47. The molecule has 3 nitrogen and oxygen atoms in total. The molecule has 1 atom stereocenters. The van der Waals surface area contributed by atoms with Crippen LogP contribution in [-0.4, -0.2) is 25.0 Å². The zero-order valence-corrected chi connectivity index (χ0v) is 10.2. The largest absolute Gasteiger partial charge is 0.315 e. The average molecular weight is 230 g/mol. The molecule has 0 radical (unpaired) electrons. The molecule has 0 aromatic heterocycles. The van der Waals surface area contributed by atoms with Gasteiger partial charge in [-0.25, -0.2) is 0 Å². The number of rotatable bonds is 1. The Balaban J connectivity index is 1.95. The van der Waals surface area contributed by atoms with Gasteiger partial charge in [0.1, 0.15) is 0 Å². The minimum absolute atomic E-state index is 0.263. The number of hydrogen-bond donors (Lipinski definition) is 1. The van der Waals surface area contributed by atoms with Crippen LogP contribution in [0.5, 0.6) is 0 Å². The third kappa shape index (κ3) is 1.84. The first-order chi connectivity index (χ1) is 8.25. The number of nitrogens with one attached hydrogen (secondary N) is 1. The van der Waals surface area contributed by atoms with Crippen molar-refractivity contribution in [2.24, 2.45) is 0 Å². The van der Waals surface area contributed by atoms with Gasteiger partial charge in [-0.3, -0.25) is 4.79 Å². The van der Waals surface area contributed by atoms with Crippen LogP contribution in [0.15, 0.2) is 18.2 Å². The van der Waals surface area contributed by atoms with E-state index in [2.05, 4.69) is 30.4 Å². The molecular formula is C14H18N2O. The highest BCUT2D eigenvalue weighted by molar-refractivity contribution is 6.02. The summed E-state index contributed by atoms with van der Waals surface area (Å²) < 4.78 is 0. The van der Waals surface area contributed by atoms with E-state index in [1.807, 2.05) is 4.90 Å². The molecule has 0 bridgehead atoms. The van der Waals surface area contributed by atoms with Crippen molar-refractivity contribution >= 4 is 11.6 Å². The van der Waals surface area contributed by atoms with Crippen LogP contribution in [0.1, 0.15) is 24.0 Å². The van der Waals surface area contributed by atoms with Crippen LogP contribution in [0.3, 0.4) is 0 Å². The van der Waals surface area contributed by atoms with Crippen LogP contribution in [0.25, 0.3) is 0 Å². The van der Waals surface area contributed by atoms with Gasteiger partial charge in [-0.05, 0) is 43.5 Å². The van der Waals surface area contributed by atoms with E-state index in [-0.39, 0.29) is 5.91 Å². The lowest BCUT2D eigenvalue weighted by molar-refractivity contribution is -0.117. The fourth-order valence-corrected chi connectivity index (χ4v) is 2.88. The predicted molar refractivity (Wildman–Crippen MR) is 68.3 cm³/mol. The van der Waals surface area contributed by atoms with Gasteiger partial charge in [-0.15, -0.1) is 0 Å². The molecule has 1 N–H and O–H groups in total. The van der Waals surface area contributed by atoms with E-state index in [4.69, 9.17) is 0 Å². The Morgan fingerprint density at radius 1 is 1.41 bits per heavy atom. The fraction of sp³-hybridized carbons (Fsp3) is 0.500. The van der Waals surface area contributed by atoms with Gasteiger partial charge in [0.2, 0.25) is 5.91 Å². The highest BCUT2D eigenvalue weighted by Gasteiger charge is 2.33. The summed E-state index contributed by atoms with van der Waals surface area (Å²) in [5, 5.41) is 3.38. The van der Waals surface area contributed by atoms with Crippen molar-refractivity contribution in [3.8, 4) is 0 Å². The van der Waals surface area contributed by atoms with Crippen LogP contribution in [0.4, 0.5) is 5.69 Å². The van der Waals surface area contributed by atoms with Crippen LogP contribution >= 0.6 is 0 Å². The molecule has 1 unspecified atom stereocenters. The van der Waals surface area contributed by atoms with Gasteiger partial charge in [0, 0.05) is 18.3 Å². The molecule has 0 aliphatic carbocycles. The normalized spacial score (nSPS) is 23.9. The summed E-state index contributed by atoms with van der Waals surface area (Å²) in [5.41, 5.74) is 3.56. The number of hydrogen-bond acceptors (Lipinski definition) is 2. The number of amides is 1. The van der Waals surface area contributed by atoms with Gasteiger partial charge in [0.05, 0.1) is 6.42 Å². The minimum atomic E-state index is 0.263. The maximum absolute atomic E-state index is 12.1. The smallest absolute Gasteiger partial charge is 0.231 e. The number of aryl methyl sites for hydroxylation is 1. The molecule has 2 aliphatic heterocycles. The number of piperidine rings is 1. The Hall–Kier alpha value is -1.35. The van der Waals surface area contributed by atoms with E-state index in [0.717, 1.165) is 31.6 Å². The van der Waals surface area contributed by atoms with E-state index in [0.29, 0.717) is 12.5 Å². The van der Waals surface area contributed by atoms with E-state index in [1.54, 1.807) is 0 Å². The Labute approximate surface area is 102 Å². The maximum Gasteiger partial charge on any atom is 0.231 e. The summed E-state index contributed by atoms with van der Waals surface area (Å²) in [6.45, 7) is 4.10. The molecule has 1 aromatic rings. The van der Waals surface area contributed by atoms with Crippen molar-refractivity contribution in [2.75, 3.05) is 18.0 Å². The minimum Gasteiger partial charge on any atom is -0.315 e. The standard InChI is InChI=1S/C14H18N2O/c1-10-4-5-11-8-14(17)16(13(11)7-10)12-3-2-6-15-9-12/h4-5,7,12,15H,2-3,6,8-9H2,1H3. The molecule has 3 rings (SSSR count). The zero-order valence-electron chi connectivity index (χ0n) is 10.2. The molecule has 1 fully saturated rings. The first-order valence-corrected chi connectivity index (χ1v) is 6.38. The fourth-order valence-electron chi connectivity index (χ4n) is 2.88. The predicted octanol–water partition coefficient (Wildman–Crippen LogP) is 1.64. The Morgan fingerprint density at radius 2 is 2.29 bits per heavy atom. The van der Waals surface area contributed by atoms with Crippen molar-refractivity contribution in [3.05, 3.63) is 29.3 Å². The Morgan fingerprint density at radius 3 is 3.06 bits per heavy atom. The van der Waals surface area contributed by atoms with Gasteiger partial charge in [0.15, 0.2) is 0 Å². The molecule has 0 saturated carbocycles. The van der Waals surface area contributed by atoms with E-state index in [9.17, 15) is 4.79 Å². The Kier molecular flexibility index (Phi) is 2.63. The van der Waals surface area contributed by atoms with Gasteiger partial charge < -0.3 is 10.2 Å². The molecule has 1 aromatic carbocycles. The first kappa shape index (κ1) is 10.8. The van der Waals surface area contributed by atoms with Crippen LogP contribution < -0.4 is 10.2 Å². The first-order valence-electron chi connectivity index (χ1n) is 6.38. The van der Waals surface area contributed by atoms with Crippen LogP contribution in [0.2, 0.25) is 0 Å². The third-order valence-electron chi connectivity index (χ3n) is 3.75. The summed E-state index contributed by atoms with van der Waals surface area (Å²) in [6, 6.07) is 6.68. The van der Waals surface area contributed by atoms with Gasteiger partial charge in [-0.1, -0.05) is 12.1 Å². The van der Waals surface area contributed by atoms with E-state index >= 15 is 0 Å². The highest BCUT2D eigenvalue weighted by atomic mass is 16.2. The topological polar surface area (TPSA) is 32.3 Å². The van der Waals surface area contributed by atoms with Gasteiger partial charge in [0.25, 0.3) is 0 Å². The van der Waals surface area contributed by atoms with E-state index in [1.165, 1.54) is 11.1 Å². The van der Waals surface area contributed by atoms with Crippen molar-refractivity contribution in [1.82, 2.24) is 5.32 Å². The summed E-state index contributed by atoms with van der Waals surface area (Å²) in [4.78, 5) is 14.2. The number of fused-ring (bicyclic) bond motifs is 1. The van der Waals surface area contributed by atoms with Crippen molar-refractivity contribution < 1.29 is 4.79 Å². The number of carbonyl (C=O) groups is 1. The summed E-state index contributed by atoms with van der Waals surface area (Å²) in [6.07, 6.45) is 2.85. The second-order valence-corrected chi connectivity index (χ2v) is 5.07. The van der Waals surface area contributed by atoms with Gasteiger partial charge >= 0.3 is 0 Å². The van der Waals surface area contributed by atoms with Crippen LogP contribution in [0, 0.1) is 6.92 Å². The summed E-state index contributed by atoms with van der Waals surface area (Å²) >= 11 is 0. The SMILES string of the molecule is Cc1ccc2c(c1)N(C1CCCNC1)C(=O)C2. The molecule has 1 saturated heterocycles. The lowest BCUT2D eigenvalue weighted by atomic mass is 10.1. The van der Waals surface area contributed by atoms with Crippen molar-refractivity contribution in [3.63, 3.8) is 0 Å². The molecule has 90 valence electrons. The summed E-state index contributed by atoms with van der Waals surface area (Å²) in [5.74, 6) is 0.263. The molecular weight excluding hydrogens is 212 g/mol. The van der Waals surface area contributed by atoms with Gasteiger partial charge in [-0.2, -0.15) is 0 Å². The second kappa shape index (κ2) is 4.15. The lowest BCUT2D eigenvalue weighted by Gasteiger charge is -2.32. The quantitative estimate of drug-likeness (QED) is 0.795. The molecule has 2 aliphatic rings.